The van der Waals surface area contributed by atoms with E-state index < -0.39 is 42.6 Å². The number of nitrogens with one attached hydrogen (secondary N) is 2. The topological polar surface area (TPSA) is 224 Å². The third-order valence-corrected chi connectivity index (χ3v) is 3.81. The number of carbonyl (C=O) groups is 2. The van der Waals surface area contributed by atoms with E-state index in [-0.39, 0.29) is 17.0 Å². The summed E-state index contributed by atoms with van der Waals surface area (Å²) >= 11 is 0. The Morgan fingerprint density at radius 2 is 1.96 bits per heavy atom. The summed E-state index contributed by atoms with van der Waals surface area (Å²) in [4.78, 5) is 33.9. The van der Waals surface area contributed by atoms with Gasteiger partial charge in [0.05, 0.1) is 6.33 Å². The zero-order valence-electron chi connectivity index (χ0n) is 13.1. The summed E-state index contributed by atoms with van der Waals surface area (Å²) < 4.78 is 6.67. The number of amides is 3. The second-order valence-corrected chi connectivity index (χ2v) is 5.48. The lowest BCUT2D eigenvalue weighted by atomic mass is 10.1. The van der Waals surface area contributed by atoms with Crippen LogP contribution in [0.25, 0.3) is 11.2 Å². The molecule has 0 aliphatic carbocycles. The van der Waals surface area contributed by atoms with Crippen molar-refractivity contribution in [2.75, 3.05) is 5.43 Å². The number of hydrogen-bond acceptors (Lipinski definition) is 10. The summed E-state index contributed by atoms with van der Waals surface area (Å²) in [5.41, 5.74) is 14.9. The molecule has 0 spiro atoms. The number of aliphatic hydroxyl groups excluding tert-OH is 3. The molecule has 1 saturated heterocycles. The first-order chi connectivity index (χ1) is 12.3. The number of nitrogens with two attached hydrogens (primary N) is 2. The number of anilines is 1. The summed E-state index contributed by atoms with van der Waals surface area (Å²) in [5.74, 6) is -0.988. The smallest absolute Gasteiger partial charge is 0.330 e. The van der Waals surface area contributed by atoms with Crippen molar-refractivity contribution in [2.24, 2.45) is 11.5 Å². The minimum absolute atomic E-state index is 0.120. The van der Waals surface area contributed by atoms with Crippen LogP contribution in [0.2, 0.25) is 0 Å². The zero-order valence-corrected chi connectivity index (χ0v) is 13.1. The van der Waals surface area contributed by atoms with Gasteiger partial charge in [-0.1, -0.05) is 0 Å². The molecule has 26 heavy (non-hydrogen) atoms. The molecule has 1 aliphatic rings. The van der Waals surface area contributed by atoms with Crippen LogP contribution in [0.4, 0.5) is 10.6 Å². The van der Waals surface area contributed by atoms with E-state index in [4.69, 9.17) is 16.2 Å². The number of hydrazine groups is 1. The number of aliphatic hydroxyl groups is 3. The van der Waals surface area contributed by atoms with E-state index in [1.54, 1.807) is 0 Å². The molecular formula is C12H16N8O6. The molecule has 1 fully saturated rings. The highest BCUT2D eigenvalue weighted by Gasteiger charge is 2.48. The van der Waals surface area contributed by atoms with Gasteiger partial charge in [0.25, 0.3) is 0 Å². The molecule has 1 unspecified atom stereocenters. The fourth-order valence-electron chi connectivity index (χ4n) is 2.59. The number of rotatable bonds is 5. The standard InChI is InChI=1S/C12H16N8O6/c13-8(24)6(23)7-4(21)5(22)11(26-7)20-2-17-3-9(18-19-12(14)25)15-1-16-10(3)20/h1-2,4-7,11,21-23H,(H2,13,24)(H3,14,19,25)(H,15,16,18)/t4-,5+,6?,7-,11+/m0/s1. The van der Waals surface area contributed by atoms with Crippen LogP contribution in [-0.4, -0.2) is 71.2 Å². The number of carbonyl (C=O) groups excluding carboxylic acids is 2. The molecule has 9 N–H and O–H groups in total. The lowest BCUT2D eigenvalue weighted by Crippen LogP contribution is -2.45. The van der Waals surface area contributed by atoms with Crippen molar-refractivity contribution in [1.82, 2.24) is 24.9 Å². The van der Waals surface area contributed by atoms with Crippen LogP contribution in [0.5, 0.6) is 0 Å². The van der Waals surface area contributed by atoms with E-state index in [9.17, 15) is 24.9 Å². The van der Waals surface area contributed by atoms with Crippen molar-refractivity contribution in [2.45, 2.75) is 30.6 Å². The summed E-state index contributed by atoms with van der Waals surface area (Å²) in [6.07, 6.45) is -5.13. The minimum Gasteiger partial charge on any atom is -0.387 e. The zero-order chi connectivity index (χ0) is 19.0. The molecule has 3 heterocycles. The van der Waals surface area contributed by atoms with Crippen molar-refractivity contribution in [3.05, 3.63) is 12.7 Å². The maximum Gasteiger partial charge on any atom is 0.330 e. The Kier molecular flexibility index (Phi) is 4.56. The number of urea groups is 1. The van der Waals surface area contributed by atoms with E-state index in [1.165, 1.54) is 10.9 Å². The Labute approximate surface area is 144 Å². The predicted octanol–water partition coefficient (Wildman–Crippen LogP) is -3.71. The Bertz CT molecular complexity index is 842. The van der Waals surface area contributed by atoms with Crippen LogP contribution in [0.3, 0.4) is 0 Å². The molecule has 14 heteroatoms. The van der Waals surface area contributed by atoms with Crippen LogP contribution in [-0.2, 0) is 9.53 Å². The third kappa shape index (κ3) is 2.97. The van der Waals surface area contributed by atoms with Crippen molar-refractivity contribution >= 4 is 28.9 Å². The minimum atomic E-state index is -1.81. The number of imidazole rings is 1. The molecule has 140 valence electrons. The quantitative estimate of drug-likeness (QED) is 0.255. The Hall–Kier alpha value is -3.07. The van der Waals surface area contributed by atoms with Gasteiger partial charge < -0.3 is 31.5 Å². The molecule has 0 saturated carbocycles. The number of ether oxygens (including phenoxy) is 1. The van der Waals surface area contributed by atoms with Crippen molar-refractivity contribution in [1.29, 1.82) is 0 Å². The first-order valence-corrected chi connectivity index (χ1v) is 7.29. The number of nitrogens with zero attached hydrogens (tertiary/aromatic N) is 4. The first kappa shape index (κ1) is 17.7. The number of hydrogen-bond donors (Lipinski definition) is 7. The number of aromatic nitrogens is 4. The van der Waals surface area contributed by atoms with Crippen LogP contribution in [0.1, 0.15) is 6.23 Å². The van der Waals surface area contributed by atoms with E-state index in [2.05, 4.69) is 25.8 Å². The van der Waals surface area contributed by atoms with Gasteiger partial charge >= 0.3 is 6.03 Å². The molecule has 0 radical (unpaired) electrons. The monoisotopic (exact) mass is 368 g/mol. The van der Waals surface area contributed by atoms with Gasteiger partial charge in [-0.3, -0.25) is 20.2 Å². The normalized spacial score (nSPS) is 26.6. The molecule has 3 amide bonds. The molecule has 3 rings (SSSR count). The highest BCUT2D eigenvalue weighted by atomic mass is 16.6. The second-order valence-electron chi connectivity index (χ2n) is 5.48. The summed E-state index contributed by atoms with van der Waals surface area (Å²) in [7, 11) is 0. The maximum absolute atomic E-state index is 11.1. The fourth-order valence-corrected chi connectivity index (χ4v) is 2.59. The lowest BCUT2D eigenvalue weighted by Gasteiger charge is -2.18. The van der Waals surface area contributed by atoms with Crippen LogP contribution in [0.15, 0.2) is 12.7 Å². The van der Waals surface area contributed by atoms with E-state index in [0.29, 0.717) is 0 Å². The van der Waals surface area contributed by atoms with E-state index in [1.807, 2.05) is 0 Å². The molecule has 5 atom stereocenters. The fraction of sp³-hybridized carbons (Fsp3) is 0.417. The molecule has 0 aromatic carbocycles. The van der Waals surface area contributed by atoms with Gasteiger partial charge in [0.15, 0.2) is 29.3 Å². The highest BCUT2D eigenvalue weighted by molar-refractivity contribution is 5.84. The lowest BCUT2D eigenvalue weighted by molar-refractivity contribution is -0.140. The van der Waals surface area contributed by atoms with Gasteiger partial charge in [-0.05, 0) is 0 Å². The van der Waals surface area contributed by atoms with Gasteiger partial charge in [0.1, 0.15) is 24.6 Å². The van der Waals surface area contributed by atoms with E-state index in [0.717, 1.165) is 6.33 Å². The average Bonchev–Trinajstić information content (AvgIpc) is 3.14. The van der Waals surface area contributed by atoms with Crippen molar-refractivity contribution in [3.8, 4) is 0 Å². The molecule has 1 aliphatic heterocycles. The van der Waals surface area contributed by atoms with E-state index >= 15 is 0 Å². The highest BCUT2D eigenvalue weighted by Crippen LogP contribution is 2.33. The SMILES string of the molecule is NC(=O)NNc1ncnc2c1ncn2[C@@H]1O[C@H](C(O)C(N)=O)[C@@H](O)[C@H]1O. The second kappa shape index (κ2) is 6.68. The Morgan fingerprint density at radius 1 is 1.23 bits per heavy atom. The Morgan fingerprint density at radius 3 is 2.62 bits per heavy atom. The van der Waals surface area contributed by atoms with Crippen LogP contribution < -0.4 is 22.3 Å². The molecule has 14 nitrogen and oxygen atoms in total. The largest absolute Gasteiger partial charge is 0.387 e. The van der Waals surface area contributed by atoms with Gasteiger partial charge in [-0.25, -0.2) is 19.7 Å². The van der Waals surface area contributed by atoms with Gasteiger partial charge in [0, 0.05) is 0 Å². The van der Waals surface area contributed by atoms with Crippen LogP contribution >= 0.6 is 0 Å². The van der Waals surface area contributed by atoms with Crippen LogP contribution in [0, 0.1) is 0 Å². The number of fused-ring (bicyclic) bond motifs is 1. The molecule has 0 bridgehead atoms. The van der Waals surface area contributed by atoms with Gasteiger partial charge in [0.2, 0.25) is 5.91 Å². The van der Waals surface area contributed by atoms with Crippen molar-refractivity contribution in [3.63, 3.8) is 0 Å². The predicted molar refractivity (Wildman–Crippen MR) is 82.8 cm³/mol. The number of primary amides is 2. The first-order valence-electron chi connectivity index (χ1n) is 7.29. The Balaban J connectivity index is 1.92. The van der Waals surface area contributed by atoms with Gasteiger partial charge in [-0.15, -0.1) is 0 Å². The average molecular weight is 368 g/mol. The third-order valence-electron chi connectivity index (χ3n) is 3.81. The summed E-state index contributed by atoms with van der Waals surface area (Å²) in [6.45, 7) is 0. The molecule has 2 aromatic heterocycles. The molecule has 2 aromatic rings. The maximum atomic E-state index is 11.1. The van der Waals surface area contributed by atoms with Gasteiger partial charge in [-0.2, -0.15) is 0 Å². The summed E-state index contributed by atoms with van der Waals surface area (Å²) in [6, 6.07) is -0.850. The summed E-state index contributed by atoms with van der Waals surface area (Å²) in [5, 5.41) is 30.0. The van der Waals surface area contributed by atoms with Crippen molar-refractivity contribution < 1.29 is 29.6 Å². The molecular weight excluding hydrogens is 352 g/mol.